The summed E-state index contributed by atoms with van der Waals surface area (Å²) in [6.45, 7) is 4.81. The van der Waals surface area contributed by atoms with Crippen molar-refractivity contribution < 1.29 is 22.8 Å². The van der Waals surface area contributed by atoms with E-state index in [1.807, 2.05) is 44.2 Å². The molecule has 1 N–H and O–H groups in total. The highest BCUT2D eigenvalue weighted by Crippen LogP contribution is 2.30. The van der Waals surface area contributed by atoms with Crippen molar-refractivity contribution in [2.75, 3.05) is 6.54 Å². The van der Waals surface area contributed by atoms with Crippen molar-refractivity contribution in [2.45, 2.75) is 50.7 Å². The van der Waals surface area contributed by atoms with Crippen molar-refractivity contribution in [3.63, 3.8) is 0 Å². The fourth-order valence-corrected chi connectivity index (χ4v) is 4.95. The summed E-state index contributed by atoms with van der Waals surface area (Å²) in [5.41, 5.74) is 0.820. The van der Waals surface area contributed by atoms with Crippen LogP contribution in [0.5, 0.6) is 0 Å². The lowest BCUT2D eigenvalue weighted by molar-refractivity contribution is -0.140. The molecule has 0 fully saturated rings. The lowest BCUT2D eigenvalue weighted by Gasteiger charge is -2.30. The van der Waals surface area contributed by atoms with Crippen LogP contribution in [0.25, 0.3) is 0 Å². The largest absolute Gasteiger partial charge is 0.352 e. The highest BCUT2D eigenvalue weighted by Gasteiger charge is 2.43. The molecule has 0 aliphatic carbocycles. The van der Waals surface area contributed by atoms with Gasteiger partial charge in [-0.15, -0.1) is 0 Å². The van der Waals surface area contributed by atoms with E-state index >= 15 is 0 Å². The average Bonchev–Trinajstić information content (AvgIpc) is 2.98. The molecule has 9 heteroatoms. The Morgan fingerprint density at radius 3 is 2.28 bits per heavy atom. The van der Waals surface area contributed by atoms with E-state index in [2.05, 4.69) is 5.32 Å². The van der Waals surface area contributed by atoms with E-state index in [-0.39, 0.29) is 29.0 Å². The lowest BCUT2D eigenvalue weighted by atomic mass is 10.1. The third kappa shape index (κ3) is 4.67. The summed E-state index contributed by atoms with van der Waals surface area (Å²) in [7, 11) is -4.13. The molecular weight excluding hydrogens is 430 g/mol. The highest BCUT2D eigenvalue weighted by molar-refractivity contribution is 7.90. The highest BCUT2D eigenvalue weighted by atomic mass is 32.2. The minimum absolute atomic E-state index is 0.0393. The monoisotopic (exact) mass is 457 g/mol. The summed E-state index contributed by atoms with van der Waals surface area (Å²) in [6.07, 6.45) is 0.726. The Bertz CT molecular complexity index is 1120. The lowest BCUT2D eigenvalue weighted by Crippen LogP contribution is -2.52. The maximum Gasteiger partial charge on any atom is 0.269 e. The van der Waals surface area contributed by atoms with Gasteiger partial charge in [0.2, 0.25) is 11.8 Å². The average molecular weight is 458 g/mol. The van der Waals surface area contributed by atoms with Crippen molar-refractivity contribution in [3.8, 4) is 0 Å². The van der Waals surface area contributed by atoms with Crippen molar-refractivity contribution >= 4 is 27.7 Å². The zero-order valence-corrected chi connectivity index (χ0v) is 19.1. The van der Waals surface area contributed by atoms with Crippen molar-refractivity contribution in [2.24, 2.45) is 0 Å². The molecular formula is C23H27N3O5S. The second-order valence-electron chi connectivity index (χ2n) is 7.81. The number of carbonyl (C=O) groups excluding carboxylic acids is 3. The molecule has 1 aliphatic heterocycles. The predicted octanol–water partition coefficient (Wildman–Crippen LogP) is 2.16. The number of nitrogens with one attached hydrogen (secondary N) is 1. The van der Waals surface area contributed by atoms with Crippen LogP contribution in [0.3, 0.4) is 0 Å². The van der Waals surface area contributed by atoms with E-state index in [0.29, 0.717) is 4.31 Å². The van der Waals surface area contributed by atoms with Gasteiger partial charge in [-0.3, -0.25) is 14.4 Å². The second kappa shape index (κ2) is 9.52. The van der Waals surface area contributed by atoms with Crippen LogP contribution < -0.4 is 5.32 Å². The van der Waals surface area contributed by atoms with Gasteiger partial charge in [-0.25, -0.2) is 12.7 Å². The Labute approximate surface area is 188 Å². The number of benzene rings is 2. The smallest absolute Gasteiger partial charge is 0.269 e. The van der Waals surface area contributed by atoms with Crippen LogP contribution in [0.2, 0.25) is 0 Å². The van der Waals surface area contributed by atoms with Crippen LogP contribution in [0.4, 0.5) is 0 Å². The maximum absolute atomic E-state index is 13.3. The molecule has 3 amide bonds. The Balaban J connectivity index is 1.87. The first-order chi connectivity index (χ1) is 15.2. The third-order valence-corrected chi connectivity index (χ3v) is 7.34. The van der Waals surface area contributed by atoms with Gasteiger partial charge in [-0.2, -0.15) is 0 Å². The maximum atomic E-state index is 13.3. The Morgan fingerprint density at radius 2 is 1.66 bits per heavy atom. The fraction of sp³-hybridized carbons (Fsp3) is 0.348. The van der Waals surface area contributed by atoms with Crippen LogP contribution >= 0.6 is 0 Å². The first kappa shape index (κ1) is 23.5. The van der Waals surface area contributed by atoms with E-state index in [1.54, 1.807) is 13.0 Å². The van der Waals surface area contributed by atoms with Crippen LogP contribution in [0.15, 0.2) is 59.5 Å². The van der Waals surface area contributed by atoms with E-state index in [0.717, 1.165) is 12.0 Å². The van der Waals surface area contributed by atoms with Crippen LogP contribution in [-0.4, -0.2) is 54.0 Å². The van der Waals surface area contributed by atoms with Gasteiger partial charge in [-0.1, -0.05) is 49.4 Å². The molecule has 8 nitrogen and oxygen atoms in total. The Kier molecular flexibility index (Phi) is 6.98. The number of sulfonamides is 1. The minimum atomic E-state index is -4.13. The molecule has 2 aromatic rings. The first-order valence-corrected chi connectivity index (χ1v) is 11.9. The van der Waals surface area contributed by atoms with E-state index in [9.17, 15) is 22.8 Å². The topological polar surface area (TPSA) is 104 Å². The van der Waals surface area contributed by atoms with Crippen molar-refractivity contribution in [1.82, 2.24) is 14.5 Å². The first-order valence-electron chi connectivity index (χ1n) is 10.5. The summed E-state index contributed by atoms with van der Waals surface area (Å²) in [4.78, 5) is 39.9. The number of hydrogen-bond donors (Lipinski definition) is 1. The molecule has 170 valence electrons. The fourth-order valence-electron chi connectivity index (χ4n) is 3.43. The normalized spacial score (nSPS) is 16.2. The molecule has 3 rings (SSSR count). The number of fused-ring (bicyclic) bond motifs is 1. The van der Waals surface area contributed by atoms with Gasteiger partial charge < -0.3 is 10.2 Å². The van der Waals surface area contributed by atoms with Crippen LogP contribution in [-0.2, 0) is 26.2 Å². The Morgan fingerprint density at radius 1 is 1.03 bits per heavy atom. The van der Waals surface area contributed by atoms with Gasteiger partial charge in [0.05, 0.1) is 5.56 Å². The summed E-state index contributed by atoms with van der Waals surface area (Å²) in [5, 5.41) is 2.85. The Hall–Kier alpha value is -3.20. The molecule has 2 atom stereocenters. The van der Waals surface area contributed by atoms with Gasteiger partial charge in [0.25, 0.3) is 15.9 Å². The van der Waals surface area contributed by atoms with Gasteiger partial charge in [0, 0.05) is 12.6 Å². The minimum Gasteiger partial charge on any atom is -0.352 e. The zero-order chi connectivity index (χ0) is 23.5. The van der Waals surface area contributed by atoms with Gasteiger partial charge in [0.15, 0.2) is 0 Å². The third-order valence-electron chi connectivity index (χ3n) is 5.55. The zero-order valence-electron chi connectivity index (χ0n) is 18.3. The molecule has 0 saturated carbocycles. The summed E-state index contributed by atoms with van der Waals surface area (Å²) < 4.78 is 26.3. The quantitative estimate of drug-likeness (QED) is 0.654. The molecule has 0 spiro atoms. The number of amides is 3. The van der Waals surface area contributed by atoms with E-state index in [1.165, 1.54) is 23.1 Å². The van der Waals surface area contributed by atoms with Gasteiger partial charge in [0.1, 0.15) is 17.5 Å². The molecule has 1 aliphatic rings. The molecule has 0 bridgehead atoms. The molecule has 0 saturated heterocycles. The van der Waals surface area contributed by atoms with Gasteiger partial charge in [-0.05, 0) is 38.0 Å². The second-order valence-corrected chi connectivity index (χ2v) is 9.64. The predicted molar refractivity (Wildman–Crippen MR) is 119 cm³/mol. The van der Waals surface area contributed by atoms with Crippen molar-refractivity contribution in [3.05, 3.63) is 65.7 Å². The summed E-state index contributed by atoms with van der Waals surface area (Å²) in [5.74, 6) is -1.72. The molecule has 1 heterocycles. The summed E-state index contributed by atoms with van der Waals surface area (Å²) >= 11 is 0. The summed E-state index contributed by atoms with van der Waals surface area (Å²) in [6, 6.07) is 14.0. The van der Waals surface area contributed by atoms with Crippen LogP contribution in [0.1, 0.15) is 43.1 Å². The van der Waals surface area contributed by atoms with E-state index in [4.69, 9.17) is 0 Å². The van der Waals surface area contributed by atoms with E-state index < -0.39 is 34.4 Å². The van der Waals surface area contributed by atoms with Crippen LogP contribution in [0, 0.1) is 0 Å². The molecule has 32 heavy (non-hydrogen) atoms. The molecule has 0 unspecified atom stereocenters. The van der Waals surface area contributed by atoms with Crippen molar-refractivity contribution in [1.29, 1.82) is 0 Å². The molecule has 0 aromatic heterocycles. The molecule has 0 radical (unpaired) electrons. The molecule has 2 aromatic carbocycles. The van der Waals surface area contributed by atoms with Gasteiger partial charge >= 0.3 is 0 Å². The standard InChI is InChI=1S/C23H27N3O5S/c1-4-16(2)24-22(28)17(3)25(14-18-10-6-5-7-11-18)21(27)15-26-23(29)19-12-8-9-13-20(19)32(26,30)31/h5-13,16-17H,4,14-15H2,1-3H3,(H,24,28)/t16-,17-/m1/s1. The number of nitrogens with zero attached hydrogens (tertiary/aromatic N) is 2. The number of rotatable bonds is 8. The number of carbonyl (C=O) groups is 3. The SMILES string of the molecule is CC[C@@H](C)NC(=O)[C@@H](C)N(Cc1ccccc1)C(=O)CN1C(=O)c2ccccc2S1(=O)=O. The number of hydrogen-bond acceptors (Lipinski definition) is 5.